The topological polar surface area (TPSA) is 49.3 Å². The second-order valence-electron chi connectivity index (χ2n) is 4.95. The Morgan fingerprint density at radius 1 is 1.21 bits per heavy atom. The van der Waals surface area contributed by atoms with E-state index in [0.717, 1.165) is 10.9 Å². The lowest BCUT2D eigenvalue weighted by Gasteiger charge is -2.10. The van der Waals surface area contributed by atoms with Gasteiger partial charge in [0.1, 0.15) is 0 Å². The number of nitrogens with one attached hydrogen (secondary N) is 1. The lowest BCUT2D eigenvalue weighted by atomic mass is 10.0. The summed E-state index contributed by atoms with van der Waals surface area (Å²) in [6.45, 7) is 2.51. The summed E-state index contributed by atoms with van der Waals surface area (Å²) in [7, 11) is 0. The van der Waals surface area contributed by atoms with Crippen molar-refractivity contribution in [2.45, 2.75) is 13.3 Å². The van der Waals surface area contributed by atoms with Gasteiger partial charge in [-0.1, -0.05) is 49.4 Å². The molecule has 1 atom stereocenters. The molecule has 0 bridgehead atoms. The minimum Gasteiger partial charge on any atom is -0.396 e. The van der Waals surface area contributed by atoms with Crippen LogP contribution in [-0.2, 0) is 11.2 Å². The first-order chi connectivity index (χ1) is 9.19. The average molecular weight is 257 g/mol. The molecule has 0 aliphatic carbocycles. The van der Waals surface area contributed by atoms with Crippen molar-refractivity contribution in [2.24, 2.45) is 5.92 Å². The third-order valence-corrected chi connectivity index (χ3v) is 3.14. The summed E-state index contributed by atoms with van der Waals surface area (Å²) in [5, 5.41) is 14.1. The highest BCUT2D eigenvalue weighted by molar-refractivity contribution is 5.85. The molecule has 0 saturated carbocycles. The lowest BCUT2D eigenvalue weighted by molar-refractivity contribution is -0.120. The van der Waals surface area contributed by atoms with Gasteiger partial charge in [0.25, 0.3) is 0 Å². The number of carbonyl (C=O) groups excluding carboxylic acids is 1. The van der Waals surface area contributed by atoms with E-state index in [1.165, 1.54) is 5.39 Å². The van der Waals surface area contributed by atoms with Gasteiger partial charge in [-0.25, -0.2) is 0 Å². The number of aliphatic hydroxyl groups excluding tert-OH is 1. The fourth-order valence-corrected chi connectivity index (χ4v) is 1.95. The van der Waals surface area contributed by atoms with Crippen LogP contribution in [0.5, 0.6) is 0 Å². The van der Waals surface area contributed by atoms with E-state index < -0.39 is 0 Å². The third-order valence-electron chi connectivity index (χ3n) is 3.14. The molecule has 0 aromatic heterocycles. The molecule has 2 rings (SSSR count). The van der Waals surface area contributed by atoms with Crippen molar-refractivity contribution in [3.63, 3.8) is 0 Å². The third kappa shape index (κ3) is 3.80. The molecule has 0 aliphatic heterocycles. The molecule has 19 heavy (non-hydrogen) atoms. The van der Waals surface area contributed by atoms with Gasteiger partial charge in [0.2, 0.25) is 5.91 Å². The molecule has 2 aromatic rings. The first-order valence-electron chi connectivity index (χ1n) is 6.54. The predicted molar refractivity (Wildman–Crippen MR) is 76.9 cm³/mol. The number of hydrogen-bond acceptors (Lipinski definition) is 2. The highest BCUT2D eigenvalue weighted by Crippen LogP contribution is 2.15. The molecule has 0 radical (unpaired) electrons. The van der Waals surface area contributed by atoms with Crippen molar-refractivity contribution >= 4 is 16.7 Å². The molecule has 0 fully saturated rings. The Morgan fingerprint density at radius 3 is 2.68 bits per heavy atom. The number of fused-ring (bicyclic) bond motifs is 1. The summed E-state index contributed by atoms with van der Waals surface area (Å²) < 4.78 is 0. The second-order valence-corrected chi connectivity index (χ2v) is 4.95. The summed E-state index contributed by atoms with van der Waals surface area (Å²) in [4.78, 5) is 11.8. The lowest BCUT2D eigenvalue weighted by Crippen LogP contribution is -2.30. The largest absolute Gasteiger partial charge is 0.396 e. The molecule has 3 heteroatoms. The van der Waals surface area contributed by atoms with Crippen LogP contribution in [0.15, 0.2) is 42.5 Å². The van der Waals surface area contributed by atoms with E-state index in [4.69, 9.17) is 5.11 Å². The van der Waals surface area contributed by atoms with E-state index >= 15 is 0 Å². The van der Waals surface area contributed by atoms with E-state index in [1.54, 1.807) is 0 Å². The number of amides is 1. The molecule has 0 saturated heterocycles. The normalized spacial score (nSPS) is 12.3. The summed E-state index contributed by atoms with van der Waals surface area (Å²) >= 11 is 0. The standard InChI is InChI=1S/C16H19NO2/c1-12(11-18)10-17-16(19)9-13-6-7-14-4-2-3-5-15(14)8-13/h2-8,12,18H,9-11H2,1H3,(H,17,19). The highest BCUT2D eigenvalue weighted by atomic mass is 16.3. The second kappa shape index (κ2) is 6.34. The highest BCUT2D eigenvalue weighted by Gasteiger charge is 2.06. The number of hydrogen-bond donors (Lipinski definition) is 2. The number of benzene rings is 2. The quantitative estimate of drug-likeness (QED) is 0.862. The molecule has 0 spiro atoms. The molecule has 2 N–H and O–H groups in total. The van der Waals surface area contributed by atoms with E-state index in [9.17, 15) is 4.79 Å². The van der Waals surface area contributed by atoms with Crippen LogP contribution in [-0.4, -0.2) is 24.2 Å². The van der Waals surface area contributed by atoms with Crippen LogP contribution in [0.3, 0.4) is 0 Å². The minimum absolute atomic E-state index is 0.00409. The predicted octanol–water partition coefficient (Wildman–Crippen LogP) is 2.13. The van der Waals surface area contributed by atoms with Gasteiger partial charge < -0.3 is 10.4 Å². The van der Waals surface area contributed by atoms with E-state index in [0.29, 0.717) is 13.0 Å². The van der Waals surface area contributed by atoms with Gasteiger partial charge in [-0.3, -0.25) is 4.79 Å². The Labute approximate surface area is 113 Å². The fourth-order valence-electron chi connectivity index (χ4n) is 1.95. The average Bonchev–Trinajstić information content (AvgIpc) is 2.44. The van der Waals surface area contributed by atoms with E-state index in [-0.39, 0.29) is 18.4 Å². The van der Waals surface area contributed by atoms with Gasteiger partial charge in [-0.05, 0) is 22.3 Å². The zero-order valence-corrected chi connectivity index (χ0v) is 11.1. The number of rotatable bonds is 5. The summed E-state index contributed by atoms with van der Waals surface area (Å²) in [5.41, 5.74) is 1.01. The maximum atomic E-state index is 11.8. The Bertz CT molecular complexity index is 565. The van der Waals surface area contributed by atoms with Crippen LogP contribution < -0.4 is 5.32 Å². The van der Waals surface area contributed by atoms with Gasteiger partial charge in [0.15, 0.2) is 0 Å². The van der Waals surface area contributed by atoms with E-state index in [1.807, 2.05) is 43.3 Å². The maximum absolute atomic E-state index is 11.8. The zero-order chi connectivity index (χ0) is 13.7. The van der Waals surface area contributed by atoms with Crippen LogP contribution in [0.4, 0.5) is 0 Å². The van der Waals surface area contributed by atoms with Crippen molar-refractivity contribution in [3.8, 4) is 0 Å². The monoisotopic (exact) mass is 257 g/mol. The van der Waals surface area contributed by atoms with Crippen LogP contribution in [0, 0.1) is 5.92 Å². The van der Waals surface area contributed by atoms with Crippen molar-refractivity contribution in [1.82, 2.24) is 5.32 Å². The molecule has 0 aliphatic rings. The number of carbonyl (C=O) groups is 1. The first-order valence-corrected chi connectivity index (χ1v) is 6.54. The van der Waals surface area contributed by atoms with Gasteiger partial charge in [0, 0.05) is 13.2 Å². The first kappa shape index (κ1) is 13.6. The Balaban J connectivity index is 1.99. The van der Waals surface area contributed by atoms with Crippen molar-refractivity contribution in [3.05, 3.63) is 48.0 Å². The van der Waals surface area contributed by atoms with Gasteiger partial charge in [0.05, 0.1) is 6.42 Å². The fraction of sp³-hybridized carbons (Fsp3) is 0.312. The van der Waals surface area contributed by atoms with Crippen LogP contribution in [0.1, 0.15) is 12.5 Å². The Morgan fingerprint density at radius 2 is 1.95 bits per heavy atom. The molecule has 1 unspecified atom stereocenters. The maximum Gasteiger partial charge on any atom is 0.224 e. The van der Waals surface area contributed by atoms with Gasteiger partial charge in [-0.2, -0.15) is 0 Å². The van der Waals surface area contributed by atoms with Crippen LogP contribution >= 0.6 is 0 Å². The molecule has 100 valence electrons. The van der Waals surface area contributed by atoms with Crippen LogP contribution in [0.25, 0.3) is 10.8 Å². The van der Waals surface area contributed by atoms with Crippen molar-refractivity contribution in [1.29, 1.82) is 0 Å². The van der Waals surface area contributed by atoms with Gasteiger partial charge in [-0.15, -0.1) is 0 Å². The molecule has 1 amide bonds. The number of aliphatic hydroxyl groups is 1. The molecule has 3 nitrogen and oxygen atoms in total. The smallest absolute Gasteiger partial charge is 0.224 e. The SMILES string of the molecule is CC(CO)CNC(=O)Cc1ccc2ccccc2c1. The summed E-state index contributed by atoms with van der Waals surface area (Å²) in [6, 6.07) is 14.2. The van der Waals surface area contributed by atoms with Crippen LogP contribution in [0.2, 0.25) is 0 Å². The molecule has 0 heterocycles. The Kier molecular flexibility index (Phi) is 4.53. The minimum atomic E-state index is -0.00409. The molecular formula is C16H19NO2. The van der Waals surface area contributed by atoms with Gasteiger partial charge >= 0.3 is 0 Å². The van der Waals surface area contributed by atoms with Crippen molar-refractivity contribution < 1.29 is 9.90 Å². The Hall–Kier alpha value is -1.87. The molecule has 2 aromatic carbocycles. The molecular weight excluding hydrogens is 238 g/mol. The van der Waals surface area contributed by atoms with E-state index in [2.05, 4.69) is 11.4 Å². The summed E-state index contributed by atoms with van der Waals surface area (Å²) in [6.07, 6.45) is 0.378. The van der Waals surface area contributed by atoms with Crippen molar-refractivity contribution in [2.75, 3.05) is 13.2 Å². The zero-order valence-electron chi connectivity index (χ0n) is 11.1. The summed E-state index contributed by atoms with van der Waals surface area (Å²) in [5.74, 6) is 0.0936.